The van der Waals surface area contributed by atoms with Crippen molar-refractivity contribution in [3.63, 3.8) is 0 Å². The van der Waals surface area contributed by atoms with E-state index in [1.807, 2.05) is 50.2 Å². The summed E-state index contributed by atoms with van der Waals surface area (Å²) in [6, 6.07) is 13.5. The molecule has 0 aliphatic carbocycles. The largest absolute Gasteiger partial charge is 0.494 e. The fraction of sp³-hybridized carbons (Fsp3) is 0.333. The van der Waals surface area contributed by atoms with E-state index in [9.17, 15) is 4.39 Å². The molecule has 2 aromatic rings. The third-order valence-corrected chi connectivity index (χ3v) is 3.54. The number of rotatable bonds is 6. The standard InChI is InChI=1S/C18H22FNO/c1-4-21-17-9-6-15(7-10-17)12-20-14(3)16-8-5-13(2)18(19)11-16/h5-11,14,20H,4,12H2,1-3H3. The van der Waals surface area contributed by atoms with Crippen LogP contribution in [0.5, 0.6) is 5.75 Å². The van der Waals surface area contributed by atoms with Crippen LogP contribution < -0.4 is 10.1 Å². The zero-order valence-electron chi connectivity index (χ0n) is 12.8. The number of ether oxygens (including phenoxy) is 1. The van der Waals surface area contributed by atoms with Gasteiger partial charge in [0.05, 0.1) is 6.61 Å². The minimum absolute atomic E-state index is 0.103. The number of aryl methyl sites for hydroxylation is 1. The highest BCUT2D eigenvalue weighted by Crippen LogP contribution is 2.17. The maximum absolute atomic E-state index is 13.6. The molecule has 2 nitrogen and oxygen atoms in total. The smallest absolute Gasteiger partial charge is 0.126 e. The number of benzene rings is 2. The van der Waals surface area contributed by atoms with Crippen molar-refractivity contribution in [3.8, 4) is 5.75 Å². The minimum Gasteiger partial charge on any atom is -0.494 e. The maximum atomic E-state index is 13.6. The van der Waals surface area contributed by atoms with E-state index < -0.39 is 0 Å². The van der Waals surface area contributed by atoms with Crippen molar-refractivity contribution in [3.05, 3.63) is 65.0 Å². The molecule has 0 radical (unpaired) electrons. The summed E-state index contributed by atoms with van der Waals surface area (Å²) in [6.45, 7) is 7.20. The highest BCUT2D eigenvalue weighted by atomic mass is 19.1. The molecule has 2 aromatic carbocycles. The van der Waals surface area contributed by atoms with Crippen molar-refractivity contribution in [1.82, 2.24) is 5.32 Å². The molecule has 2 rings (SSSR count). The quantitative estimate of drug-likeness (QED) is 0.851. The van der Waals surface area contributed by atoms with E-state index in [-0.39, 0.29) is 11.9 Å². The fourth-order valence-electron chi connectivity index (χ4n) is 2.14. The molecule has 21 heavy (non-hydrogen) atoms. The van der Waals surface area contributed by atoms with Crippen LogP contribution in [0.25, 0.3) is 0 Å². The van der Waals surface area contributed by atoms with Crippen molar-refractivity contribution in [2.24, 2.45) is 0 Å². The van der Waals surface area contributed by atoms with Crippen LogP contribution in [-0.4, -0.2) is 6.61 Å². The number of halogens is 1. The SMILES string of the molecule is CCOc1ccc(CNC(C)c2ccc(C)c(F)c2)cc1. The molecule has 0 saturated carbocycles. The summed E-state index contributed by atoms with van der Waals surface area (Å²) in [5.74, 6) is 0.733. The molecule has 3 heteroatoms. The molecule has 1 N–H and O–H groups in total. The van der Waals surface area contributed by atoms with Crippen LogP contribution in [0.2, 0.25) is 0 Å². The Kier molecular flexibility index (Phi) is 5.34. The molecular weight excluding hydrogens is 265 g/mol. The second kappa shape index (κ2) is 7.23. The zero-order chi connectivity index (χ0) is 15.2. The Hall–Kier alpha value is -1.87. The lowest BCUT2D eigenvalue weighted by Crippen LogP contribution is -2.18. The molecule has 0 saturated heterocycles. The molecule has 112 valence electrons. The first kappa shape index (κ1) is 15.5. The predicted octanol–water partition coefficient (Wildman–Crippen LogP) is 4.38. The Morgan fingerprint density at radius 1 is 1.14 bits per heavy atom. The predicted molar refractivity (Wildman–Crippen MR) is 84.0 cm³/mol. The molecule has 0 heterocycles. The fourth-order valence-corrected chi connectivity index (χ4v) is 2.14. The van der Waals surface area contributed by atoms with Gasteiger partial charge in [0.2, 0.25) is 0 Å². The molecule has 0 aliphatic rings. The van der Waals surface area contributed by atoms with E-state index in [0.29, 0.717) is 12.2 Å². The highest BCUT2D eigenvalue weighted by molar-refractivity contribution is 5.28. The van der Waals surface area contributed by atoms with Gasteiger partial charge >= 0.3 is 0 Å². The highest BCUT2D eigenvalue weighted by Gasteiger charge is 2.07. The van der Waals surface area contributed by atoms with E-state index >= 15 is 0 Å². The summed E-state index contributed by atoms with van der Waals surface area (Å²) in [5, 5.41) is 3.41. The van der Waals surface area contributed by atoms with Crippen LogP contribution in [0.1, 0.15) is 36.6 Å². The van der Waals surface area contributed by atoms with E-state index in [4.69, 9.17) is 4.74 Å². The Labute approximate surface area is 126 Å². The van der Waals surface area contributed by atoms with Crippen molar-refractivity contribution in [2.75, 3.05) is 6.61 Å². The van der Waals surface area contributed by atoms with Gasteiger partial charge in [0.25, 0.3) is 0 Å². The average Bonchev–Trinajstić information content (AvgIpc) is 2.49. The van der Waals surface area contributed by atoms with Gasteiger partial charge in [-0.25, -0.2) is 4.39 Å². The van der Waals surface area contributed by atoms with Crippen molar-refractivity contribution in [1.29, 1.82) is 0 Å². The Morgan fingerprint density at radius 2 is 1.86 bits per heavy atom. The summed E-state index contributed by atoms with van der Waals surface area (Å²) >= 11 is 0. The summed E-state index contributed by atoms with van der Waals surface area (Å²) in [4.78, 5) is 0. The van der Waals surface area contributed by atoms with Crippen LogP contribution in [0.4, 0.5) is 4.39 Å². The van der Waals surface area contributed by atoms with E-state index in [2.05, 4.69) is 5.32 Å². The van der Waals surface area contributed by atoms with Gasteiger partial charge in [-0.2, -0.15) is 0 Å². The molecule has 0 spiro atoms. The lowest BCUT2D eigenvalue weighted by atomic mass is 10.1. The van der Waals surface area contributed by atoms with Crippen molar-refractivity contribution in [2.45, 2.75) is 33.4 Å². The normalized spacial score (nSPS) is 12.2. The minimum atomic E-state index is -0.151. The summed E-state index contributed by atoms with van der Waals surface area (Å²) in [6.07, 6.45) is 0. The van der Waals surface area contributed by atoms with Crippen LogP contribution in [0.15, 0.2) is 42.5 Å². The van der Waals surface area contributed by atoms with Crippen LogP contribution in [0, 0.1) is 12.7 Å². The summed E-state index contributed by atoms with van der Waals surface area (Å²) in [7, 11) is 0. The third kappa shape index (κ3) is 4.30. The molecular formula is C18H22FNO. The molecule has 0 amide bonds. The maximum Gasteiger partial charge on any atom is 0.126 e. The average molecular weight is 287 g/mol. The lowest BCUT2D eigenvalue weighted by Gasteiger charge is -2.15. The van der Waals surface area contributed by atoms with Gasteiger partial charge in [0, 0.05) is 12.6 Å². The van der Waals surface area contributed by atoms with Crippen LogP contribution in [0.3, 0.4) is 0 Å². The van der Waals surface area contributed by atoms with Crippen molar-refractivity contribution >= 4 is 0 Å². The monoisotopic (exact) mass is 287 g/mol. The van der Waals surface area contributed by atoms with Gasteiger partial charge in [-0.3, -0.25) is 0 Å². The first-order valence-corrected chi connectivity index (χ1v) is 7.31. The van der Waals surface area contributed by atoms with Gasteiger partial charge in [-0.1, -0.05) is 24.3 Å². The number of hydrogen-bond acceptors (Lipinski definition) is 2. The zero-order valence-corrected chi connectivity index (χ0v) is 12.8. The lowest BCUT2D eigenvalue weighted by molar-refractivity contribution is 0.340. The van der Waals surface area contributed by atoms with E-state index in [1.54, 1.807) is 13.0 Å². The summed E-state index contributed by atoms with van der Waals surface area (Å²) in [5.41, 5.74) is 2.82. The first-order valence-electron chi connectivity index (χ1n) is 7.31. The van der Waals surface area contributed by atoms with Crippen LogP contribution >= 0.6 is 0 Å². The van der Waals surface area contributed by atoms with Gasteiger partial charge in [-0.05, 0) is 55.7 Å². The second-order valence-electron chi connectivity index (χ2n) is 5.19. The van der Waals surface area contributed by atoms with Gasteiger partial charge < -0.3 is 10.1 Å². The first-order chi connectivity index (χ1) is 10.1. The Bertz CT molecular complexity index is 580. The second-order valence-corrected chi connectivity index (χ2v) is 5.19. The van der Waals surface area contributed by atoms with Crippen molar-refractivity contribution < 1.29 is 9.13 Å². The van der Waals surface area contributed by atoms with E-state index in [0.717, 1.165) is 17.9 Å². The van der Waals surface area contributed by atoms with Gasteiger partial charge in [0.15, 0.2) is 0 Å². The Morgan fingerprint density at radius 3 is 2.48 bits per heavy atom. The molecule has 0 aliphatic heterocycles. The number of hydrogen-bond donors (Lipinski definition) is 1. The summed E-state index contributed by atoms with van der Waals surface area (Å²) < 4.78 is 19.0. The molecule has 0 fully saturated rings. The number of nitrogens with one attached hydrogen (secondary N) is 1. The van der Waals surface area contributed by atoms with E-state index in [1.165, 1.54) is 5.56 Å². The van der Waals surface area contributed by atoms with Crippen LogP contribution in [-0.2, 0) is 6.54 Å². The molecule has 1 atom stereocenters. The van der Waals surface area contributed by atoms with Gasteiger partial charge in [-0.15, -0.1) is 0 Å². The topological polar surface area (TPSA) is 21.3 Å². The van der Waals surface area contributed by atoms with Gasteiger partial charge in [0.1, 0.15) is 11.6 Å². The molecule has 0 bridgehead atoms. The third-order valence-electron chi connectivity index (χ3n) is 3.54. The Balaban J connectivity index is 1.93. The molecule has 1 unspecified atom stereocenters. The molecule has 0 aromatic heterocycles.